The lowest BCUT2D eigenvalue weighted by Crippen LogP contribution is -2.29. The van der Waals surface area contributed by atoms with Crippen molar-refractivity contribution in [3.8, 4) is 5.75 Å². The molecule has 4 nitrogen and oxygen atoms in total. The van der Waals surface area contributed by atoms with Gasteiger partial charge in [0, 0.05) is 24.6 Å². The standard InChI is InChI=1S/C13H13FN2O2/c14-10-1-2-13-9(5-10)6-12(17-13)8-15-7-11-3-4-16-18-11/h1-5,12,15H,6-8H2. The molecular weight excluding hydrogens is 235 g/mol. The second-order valence-corrected chi connectivity index (χ2v) is 4.31. The van der Waals surface area contributed by atoms with Crippen LogP contribution in [0.25, 0.3) is 0 Å². The first kappa shape index (κ1) is 11.2. The van der Waals surface area contributed by atoms with Crippen molar-refractivity contribution in [3.05, 3.63) is 47.6 Å². The number of nitrogens with zero attached hydrogens (tertiary/aromatic N) is 1. The zero-order chi connectivity index (χ0) is 12.4. The minimum atomic E-state index is -0.215. The summed E-state index contributed by atoms with van der Waals surface area (Å²) in [6.45, 7) is 1.31. The molecule has 1 aliphatic heterocycles. The van der Waals surface area contributed by atoms with Gasteiger partial charge in [0.15, 0.2) is 0 Å². The molecule has 1 atom stereocenters. The van der Waals surface area contributed by atoms with Gasteiger partial charge in [-0.05, 0) is 18.2 Å². The van der Waals surface area contributed by atoms with Gasteiger partial charge in [0.25, 0.3) is 0 Å². The van der Waals surface area contributed by atoms with E-state index in [1.165, 1.54) is 12.1 Å². The molecule has 0 aliphatic carbocycles. The number of benzene rings is 1. The van der Waals surface area contributed by atoms with E-state index in [0.717, 1.165) is 23.5 Å². The van der Waals surface area contributed by atoms with Gasteiger partial charge in [-0.1, -0.05) is 5.16 Å². The monoisotopic (exact) mass is 248 g/mol. The van der Waals surface area contributed by atoms with Gasteiger partial charge in [0.1, 0.15) is 23.4 Å². The Kier molecular flexibility index (Phi) is 2.98. The van der Waals surface area contributed by atoms with Crippen LogP contribution in [0.2, 0.25) is 0 Å². The Balaban J connectivity index is 1.52. The number of hydrogen-bond acceptors (Lipinski definition) is 4. The Labute approximate surface area is 104 Å². The van der Waals surface area contributed by atoms with Gasteiger partial charge in [0.05, 0.1) is 12.7 Å². The summed E-state index contributed by atoms with van der Waals surface area (Å²) in [5, 5.41) is 6.85. The van der Waals surface area contributed by atoms with Crippen molar-refractivity contribution in [1.29, 1.82) is 0 Å². The Morgan fingerprint density at radius 1 is 1.39 bits per heavy atom. The highest BCUT2D eigenvalue weighted by Crippen LogP contribution is 2.28. The predicted molar refractivity (Wildman–Crippen MR) is 62.7 cm³/mol. The number of fused-ring (bicyclic) bond motifs is 1. The minimum absolute atomic E-state index is 0.0460. The van der Waals surface area contributed by atoms with Crippen molar-refractivity contribution in [2.45, 2.75) is 19.1 Å². The smallest absolute Gasteiger partial charge is 0.150 e. The maximum atomic E-state index is 13.0. The molecule has 1 unspecified atom stereocenters. The quantitative estimate of drug-likeness (QED) is 0.897. The zero-order valence-electron chi connectivity index (χ0n) is 9.73. The lowest BCUT2D eigenvalue weighted by molar-refractivity contribution is 0.225. The highest BCUT2D eigenvalue weighted by atomic mass is 19.1. The molecule has 1 aromatic heterocycles. The lowest BCUT2D eigenvalue weighted by atomic mass is 10.1. The van der Waals surface area contributed by atoms with Crippen LogP contribution in [-0.2, 0) is 13.0 Å². The van der Waals surface area contributed by atoms with E-state index in [4.69, 9.17) is 9.26 Å². The van der Waals surface area contributed by atoms with Crippen molar-refractivity contribution in [1.82, 2.24) is 10.5 Å². The fraction of sp³-hybridized carbons (Fsp3) is 0.308. The number of hydrogen-bond donors (Lipinski definition) is 1. The van der Waals surface area contributed by atoms with Crippen LogP contribution in [0.4, 0.5) is 4.39 Å². The summed E-state index contributed by atoms with van der Waals surface area (Å²) in [5.74, 6) is 1.35. The minimum Gasteiger partial charge on any atom is -0.488 e. The molecule has 3 rings (SSSR count). The third-order valence-electron chi connectivity index (χ3n) is 2.93. The maximum absolute atomic E-state index is 13.0. The third kappa shape index (κ3) is 2.36. The van der Waals surface area contributed by atoms with Crippen LogP contribution in [-0.4, -0.2) is 17.8 Å². The van der Waals surface area contributed by atoms with Crippen LogP contribution < -0.4 is 10.1 Å². The van der Waals surface area contributed by atoms with Crippen molar-refractivity contribution in [2.24, 2.45) is 0 Å². The molecule has 0 fully saturated rings. The van der Waals surface area contributed by atoms with Crippen molar-refractivity contribution in [3.63, 3.8) is 0 Å². The number of halogens is 1. The highest BCUT2D eigenvalue weighted by molar-refractivity contribution is 5.37. The van der Waals surface area contributed by atoms with E-state index in [1.807, 2.05) is 6.07 Å². The van der Waals surface area contributed by atoms with Crippen LogP contribution in [0.3, 0.4) is 0 Å². The van der Waals surface area contributed by atoms with Crippen LogP contribution in [0, 0.1) is 5.82 Å². The van der Waals surface area contributed by atoms with E-state index in [9.17, 15) is 4.39 Å². The van der Waals surface area contributed by atoms with Gasteiger partial charge < -0.3 is 14.6 Å². The number of aromatic nitrogens is 1. The van der Waals surface area contributed by atoms with Crippen LogP contribution in [0.5, 0.6) is 5.75 Å². The normalized spacial score (nSPS) is 17.5. The lowest BCUT2D eigenvalue weighted by Gasteiger charge is -2.10. The number of nitrogens with one attached hydrogen (secondary N) is 1. The molecule has 5 heteroatoms. The first-order valence-corrected chi connectivity index (χ1v) is 5.86. The molecule has 2 heterocycles. The van der Waals surface area contributed by atoms with Gasteiger partial charge in [-0.3, -0.25) is 0 Å². The van der Waals surface area contributed by atoms with Gasteiger partial charge >= 0.3 is 0 Å². The van der Waals surface area contributed by atoms with Crippen molar-refractivity contribution >= 4 is 0 Å². The van der Waals surface area contributed by atoms with E-state index in [-0.39, 0.29) is 11.9 Å². The van der Waals surface area contributed by atoms with Crippen molar-refractivity contribution < 1.29 is 13.7 Å². The summed E-state index contributed by atoms with van der Waals surface area (Å²) in [4.78, 5) is 0. The fourth-order valence-corrected chi connectivity index (χ4v) is 2.09. The predicted octanol–water partition coefficient (Wildman–Crippen LogP) is 1.91. The molecule has 0 spiro atoms. The first-order valence-electron chi connectivity index (χ1n) is 5.86. The Bertz CT molecular complexity index is 528. The molecule has 1 aromatic carbocycles. The Hall–Kier alpha value is -1.88. The van der Waals surface area contributed by atoms with E-state index >= 15 is 0 Å². The topological polar surface area (TPSA) is 47.3 Å². The molecule has 18 heavy (non-hydrogen) atoms. The van der Waals surface area contributed by atoms with Crippen LogP contribution in [0.1, 0.15) is 11.3 Å². The SMILES string of the molecule is Fc1ccc2c(c1)CC(CNCc1ccno1)O2. The summed E-state index contributed by atoms with van der Waals surface area (Å²) < 4.78 is 23.7. The van der Waals surface area contributed by atoms with E-state index < -0.39 is 0 Å². The summed E-state index contributed by atoms with van der Waals surface area (Å²) in [6, 6.07) is 6.45. The Morgan fingerprint density at radius 2 is 2.33 bits per heavy atom. The van der Waals surface area contributed by atoms with E-state index in [1.54, 1.807) is 12.3 Å². The van der Waals surface area contributed by atoms with E-state index in [0.29, 0.717) is 13.1 Å². The molecule has 94 valence electrons. The van der Waals surface area contributed by atoms with Crippen molar-refractivity contribution in [2.75, 3.05) is 6.54 Å². The first-order chi connectivity index (χ1) is 8.81. The highest BCUT2D eigenvalue weighted by Gasteiger charge is 2.22. The molecule has 0 amide bonds. The zero-order valence-corrected chi connectivity index (χ0v) is 9.73. The molecule has 2 aromatic rings. The van der Waals surface area contributed by atoms with Crippen LogP contribution >= 0.6 is 0 Å². The second-order valence-electron chi connectivity index (χ2n) is 4.31. The average molecular weight is 248 g/mol. The van der Waals surface area contributed by atoms with Gasteiger partial charge in [-0.2, -0.15) is 0 Å². The molecule has 0 radical (unpaired) electrons. The molecule has 1 aliphatic rings. The van der Waals surface area contributed by atoms with Gasteiger partial charge in [0.2, 0.25) is 0 Å². The molecule has 0 saturated carbocycles. The van der Waals surface area contributed by atoms with Gasteiger partial charge in [-0.15, -0.1) is 0 Å². The maximum Gasteiger partial charge on any atom is 0.150 e. The summed E-state index contributed by atoms with van der Waals surface area (Å²) >= 11 is 0. The number of rotatable bonds is 4. The molecule has 0 bridgehead atoms. The molecule has 1 N–H and O–H groups in total. The fourth-order valence-electron chi connectivity index (χ4n) is 2.09. The summed E-state index contributed by atoms with van der Waals surface area (Å²) in [6.07, 6.45) is 2.39. The number of ether oxygens (including phenoxy) is 1. The largest absolute Gasteiger partial charge is 0.488 e. The Morgan fingerprint density at radius 3 is 3.17 bits per heavy atom. The summed E-state index contributed by atoms with van der Waals surface area (Å²) in [5.41, 5.74) is 0.932. The second kappa shape index (κ2) is 4.78. The average Bonchev–Trinajstić information content (AvgIpc) is 2.97. The van der Waals surface area contributed by atoms with Gasteiger partial charge in [-0.25, -0.2) is 4.39 Å². The summed E-state index contributed by atoms with van der Waals surface area (Å²) in [7, 11) is 0. The van der Waals surface area contributed by atoms with E-state index in [2.05, 4.69) is 10.5 Å². The van der Waals surface area contributed by atoms with Crippen LogP contribution in [0.15, 0.2) is 35.0 Å². The molecular formula is C13H13FN2O2. The molecule has 0 saturated heterocycles. The third-order valence-corrected chi connectivity index (χ3v) is 2.93.